The molecule has 0 nitrogen and oxygen atoms in total. The van der Waals surface area contributed by atoms with E-state index in [1.165, 1.54) is 22.0 Å². The Kier molecular flexibility index (Phi) is 3.95. The maximum absolute atomic E-state index is 2.86. The van der Waals surface area contributed by atoms with E-state index >= 15 is 0 Å². The summed E-state index contributed by atoms with van der Waals surface area (Å²) in [5.41, 5.74) is 4.00. The van der Waals surface area contributed by atoms with Crippen LogP contribution in [0.4, 0.5) is 0 Å². The lowest BCUT2D eigenvalue weighted by molar-refractivity contribution is 0.986. The first-order chi connectivity index (χ1) is 9.86. The topological polar surface area (TPSA) is 0 Å². The molecule has 0 aromatic heterocycles. The van der Waals surface area contributed by atoms with E-state index in [9.17, 15) is 0 Å². The average Bonchev–Trinajstić information content (AvgIpc) is 2.52. The molecule has 0 saturated heterocycles. The van der Waals surface area contributed by atoms with Crippen molar-refractivity contribution in [2.45, 2.75) is 5.92 Å². The van der Waals surface area contributed by atoms with Gasteiger partial charge in [0.25, 0.3) is 0 Å². The first kappa shape index (κ1) is 13.1. The van der Waals surface area contributed by atoms with Gasteiger partial charge in [-0.3, -0.25) is 0 Å². The minimum Gasteiger partial charge on any atom is -0.105 e. The van der Waals surface area contributed by atoms with Crippen molar-refractivity contribution in [3.05, 3.63) is 102 Å². The van der Waals surface area contributed by atoms with Crippen LogP contribution < -0.4 is 5.30 Å². The summed E-state index contributed by atoms with van der Waals surface area (Å²) in [7, 11) is 2.86. The van der Waals surface area contributed by atoms with Crippen LogP contribution in [0.25, 0.3) is 0 Å². The van der Waals surface area contributed by atoms with Crippen LogP contribution in [0.15, 0.2) is 84.9 Å². The maximum atomic E-state index is 2.86. The van der Waals surface area contributed by atoms with E-state index in [1.54, 1.807) is 0 Å². The third-order valence-corrected chi connectivity index (χ3v) is 4.10. The van der Waals surface area contributed by atoms with Crippen LogP contribution in [-0.4, -0.2) is 0 Å². The fraction of sp³-hybridized carbons (Fsp3) is 0.0526. The zero-order valence-electron chi connectivity index (χ0n) is 11.2. The van der Waals surface area contributed by atoms with Crippen molar-refractivity contribution in [2.75, 3.05) is 0 Å². The van der Waals surface area contributed by atoms with Crippen LogP contribution in [0.5, 0.6) is 0 Å². The summed E-state index contributed by atoms with van der Waals surface area (Å²) < 4.78 is 0. The monoisotopic (exact) mass is 276 g/mol. The molecule has 98 valence electrons. The lowest BCUT2D eigenvalue weighted by Crippen LogP contribution is -2.10. The number of hydrogen-bond acceptors (Lipinski definition) is 0. The standard InChI is InChI=1S/C19H17P/c20-18-14-8-7-13-17(18)19(15-9-3-1-4-10-15)16-11-5-2-6-12-16/h1-14,19H,20H2. The van der Waals surface area contributed by atoms with E-state index in [0.29, 0.717) is 0 Å². The van der Waals surface area contributed by atoms with E-state index in [2.05, 4.69) is 94.2 Å². The lowest BCUT2D eigenvalue weighted by atomic mass is 9.85. The summed E-state index contributed by atoms with van der Waals surface area (Å²) in [5, 5.41) is 1.25. The second-order valence-electron chi connectivity index (χ2n) is 4.88. The van der Waals surface area contributed by atoms with Crippen molar-refractivity contribution in [1.29, 1.82) is 0 Å². The van der Waals surface area contributed by atoms with E-state index in [1.807, 2.05) is 0 Å². The maximum Gasteiger partial charge on any atom is 0.0346 e. The van der Waals surface area contributed by atoms with Gasteiger partial charge in [0.2, 0.25) is 0 Å². The summed E-state index contributed by atoms with van der Waals surface area (Å²) in [6.07, 6.45) is 0. The molecule has 1 unspecified atom stereocenters. The molecule has 3 rings (SSSR count). The molecule has 0 aliphatic carbocycles. The Labute approximate surface area is 122 Å². The quantitative estimate of drug-likeness (QED) is 0.492. The highest BCUT2D eigenvalue weighted by Crippen LogP contribution is 2.31. The second kappa shape index (κ2) is 6.03. The Morgan fingerprint density at radius 1 is 0.550 bits per heavy atom. The molecule has 3 aromatic rings. The molecule has 0 amide bonds. The van der Waals surface area contributed by atoms with Crippen molar-refractivity contribution in [3.8, 4) is 0 Å². The van der Waals surface area contributed by atoms with Crippen molar-refractivity contribution in [2.24, 2.45) is 0 Å². The summed E-state index contributed by atoms with van der Waals surface area (Å²) in [6.45, 7) is 0. The van der Waals surface area contributed by atoms with Gasteiger partial charge in [0, 0.05) is 5.92 Å². The predicted octanol–water partition coefficient (Wildman–Crippen LogP) is 4.37. The molecule has 0 N–H and O–H groups in total. The summed E-state index contributed by atoms with van der Waals surface area (Å²) >= 11 is 0. The fourth-order valence-corrected chi connectivity index (χ4v) is 2.99. The van der Waals surface area contributed by atoms with Crippen LogP contribution in [0.1, 0.15) is 22.6 Å². The Balaban J connectivity index is 2.17. The molecule has 20 heavy (non-hydrogen) atoms. The second-order valence-corrected chi connectivity index (χ2v) is 5.51. The summed E-state index contributed by atoms with van der Waals surface area (Å²) in [4.78, 5) is 0. The molecule has 0 aliphatic rings. The van der Waals surface area contributed by atoms with Gasteiger partial charge in [-0.2, -0.15) is 0 Å². The average molecular weight is 276 g/mol. The van der Waals surface area contributed by atoms with Crippen molar-refractivity contribution >= 4 is 14.5 Å². The normalized spacial score (nSPS) is 10.7. The summed E-state index contributed by atoms with van der Waals surface area (Å²) in [6, 6.07) is 29.9. The van der Waals surface area contributed by atoms with Crippen LogP contribution in [0.3, 0.4) is 0 Å². The van der Waals surface area contributed by atoms with E-state index in [0.717, 1.165) is 0 Å². The van der Waals surface area contributed by atoms with Crippen LogP contribution in [0, 0.1) is 0 Å². The zero-order chi connectivity index (χ0) is 13.8. The third kappa shape index (κ3) is 2.66. The number of hydrogen-bond donors (Lipinski definition) is 0. The van der Waals surface area contributed by atoms with Gasteiger partial charge in [-0.25, -0.2) is 0 Å². The molecule has 3 aromatic carbocycles. The minimum atomic E-state index is 0.283. The largest absolute Gasteiger partial charge is 0.105 e. The van der Waals surface area contributed by atoms with Gasteiger partial charge in [0.1, 0.15) is 0 Å². The summed E-state index contributed by atoms with van der Waals surface area (Å²) in [5.74, 6) is 0.283. The highest BCUT2D eigenvalue weighted by Gasteiger charge is 2.17. The molecular formula is C19H17P. The van der Waals surface area contributed by atoms with Crippen LogP contribution >= 0.6 is 9.24 Å². The molecule has 1 heteroatoms. The Morgan fingerprint density at radius 2 is 1.00 bits per heavy atom. The molecule has 0 radical (unpaired) electrons. The SMILES string of the molecule is Pc1ccccc1C(c1ccccc1)c1ccccc1. The van der Waals surface area contributed by atoms with Gasteiger partial charge in [-0.05, 0) is 22.0 Å². The van der Waals surface area contributed by atoms with Gasteiger partial charge in [-0.15, -0.1) is 9.24 Å². The Morgan fingerprint density at radius 3 is 1.50 bits per heavy atom. The Hall–Kier alpha value is -1.91. The molecule has 0 aliphatic heterocycles. The molecule has 0 fully saturated rings. The van der Waals surface area contributed by atoms with E-state index in [4.69, 9.17) is 0 Å². The molecule has 0 saturated carbocycles. The lowest BCUT2D eigenvalue weighted by Gasteiger charge is -2.20. The number of rotatable bonds is 3. The van der Waals surface area contributed by atoms with Crippen molar-refractivity contribution < 1.29 is 0 Å². The highest BCUT2D eigenvalue weighted by molar-refractivity contribution is 7.27. The smallest absolute Gasteiger partial charge is 0.0346 e. The molecular weight excluding hydrogens is 259 g/mol. The van der Waals surface area contributed by atoms with E-state index < -0.39 is 0 Å². The predicted molar refractivity (Wildman–Crippen MR) is 89.6 cm³/mol. The van der Waals surface area contributed by atoms with Crippen LogP contribution in [0.2, 0.25) is 0 Å². The highest BCUT2D eigenvalue weighted by atomic mass is 31.0. The van der Waals surface area contributed by atoms with Gasteiger partial charge < -0.3 is 0 Å². The van der Waals surface area contributed by atoms with Crippen LogP contribution in [-0.2, 0) is 0 Å². The van der Waals surface area contributed by atoms with Gasteiger partial charge in [0.05, 0.1) is 0 Å². The van der Waals surface area contributed by atoms with Gasteiger partial charge >= 0.3 is 0 Å². The van der Waals surface area contributed by atoms with Crippen molar-refractivity contribution in [1.82, 2.24) is 0 Å². The van der Waals surface area contributed by atoms with Crippen molar-refractivity contribution in [3.63, 3.8) is 0 Å². The number of benzene rings is 3. The van der Waals surface area contributed by atoms with E-state index in [-0.39, 0.29) is 5.92 Å². The van der Waals surface area contributed by atoms with Gasteiger partial charge in [-0.1, -0.05) is 84.9 Å². The first-order valence-corrected chi connectivity index (χ1v) is 7.38. The zero-order valence-corrected chi connectivity index (χ0v) is 12.4. The van der Waals surface area contributed by atoms with Gasteiger partial charge in [0.15, 0.2) is 0 Å². The minimum absolute atomic E-state index is 0.283. The molecule has 0 spiro atoms. The molecule has 1 atom stereocenters. The first-order valence-electron chi connectivity index (χ1n) is 6.80. The third-order valence-electron chi connectivity index (χ3n) is 3.57. The molecule has 0 heterocycles. The fourth-order valence-electron chi connectivity index (χ4n) is 2.62. The Bertz CT molecular complexity index is 635. The molecule has 0 bridgehead atoms.